The molecule has 0 atom stereocenters. The van der Waals surface area contributed by atoms with E-state index in [4.69, 9.17) is 16.7 Å². The molecule has 0 fully saturated rings. The molecule has 0 saturated heterocycles. The Morgan fingerprint density at radius 3 is 2.50 bits per heavy atom. The summed E-state index contributed by atoms with van der Waals surface area (Å²) in [4.78, 5) is 10.7. The first-order valence-electron chi connectivity index (χ1n) is 4.92. The molecule has 0 aliphatic heterocycles. The summed E-state index contributed by atoms with van der Waals surface area (Å²) in [6.07, 6.45) is -0.0637. The maximum Gasteiger partial charge on any atom is 0.304 e. The lowest BCUT2D eigenvalue weighted by molar-refractivity contribution is -0.138. The smallest absolute Gasteiger partial charge is 0.304 e. The number of halogens is 2. The predicted octanol–water partition coefficient (Wildman–Crippen LogP) is 3.54. The van der Waals surface area contributed by atoms with E-state index in [2.05, 4.69) is 0 Å². The van der Waals surface area contributed by atoms with E-state index in [1.165, 1.54) is 6.07 Å². The van der Waals surface area contributed by atoms with Gasteiger partial charge in [-0.05, 0) is 24.6 Å². The molecule has 88 valence electrons. The third-order valence-electron chi connectivity index (χ3n) is 2.66. The maximum atomic E-state index is 13.5. The van der Waals surface area contributed by atoms with E-state index in [9.17, 15) is 9.18 Å². The fraction of sp³-hybridized carbons (Fsp3) is 0.417. The minimum absolute atomic E-state index is 0.0637. The molecular weight excluding hydrogens is 231 g/mol. The van der Waals surface area contributed by atoms with Crippen LogP contribution in [0.25, 0.3) is 0 Å². The van der Waals surface area contributed by atoms with E-state index >= 15 is 0 Å². The monoisotopic (exact) mass is 244 g/mol. The second-order valence-corrected chi connectivity index (χ2v) is 4.93. The van der Waals surface area contributed by atoms with Crippen LogP contribution in [0, 0.1) is 12.7 Å². The van der Waals surface area contributed by atoms with E-state index in [0.717, 1.165) is 0 Å². The molecule has 4 heteroatoms. The Morgan fingerprint density at radius 2 is 2.06 bits per heavy atom. The summed E-state index contributed by atoms with van der Waals surface area (Å²) in [5, 5.41) is 9.10. The number of carbonyl (C=O) groups is 1. The fourth-order valence-electron chi connectivity index (χ4n) is 1.52. The highest BCUT2D eigenvalue weighted by molar-refractivity contribution is 6.31. The van der Waals surface area contributed by atoms with Crippen molar-refractivity contribution in [1.82, 2.24) is 0 Å². The van der Waals surface area contributed by atoms with Crippen molar-refractivity contribution >= 4 is 17.6 Å². The SMILES string of the molecule is Cc1c(F)cc(C(C)(C)CC(=O)O)cc1Cl. The number of carboxylic acid groups (broad SMARTS) is 1. The normalized spacial score (nSPS) is 11.6. The molecule has 0 heterocycles. The van der Waals surface area contributed by atoms with Gasteiger partial charge in [0.25, 0.3) is 0 Å². The van der Waals surface area contributed by atoms with Gasteiger partial charge in [0.1, 0.15) is 5.82 Å². The quantitative estimate of drug-likeness (QED) is 0.883. The zero-order chi connectivity index (χ0) is 12.5. The summed E-state index contributed by atoms with van der Waals surface area (Å²) in [7, 11) is 0. The second kappa shape index (κ2) is 4.42. The van der Waals surface area contributed by atoms with E-state index in [0.29, 0.717) is 16.1 Å². The number of hydrogen-bond donors (Lipinski definition) is 1. The van der Waals surface area contributed by atoms with Crippen LogP contribution in [-0.4, -0.2) is 11.1 Å². The molecule has 0 aromatic heterocycles. The molecule has 1 aromatic carbocycles. The predicted molar refractivity (Wildman–Crippen MR) is 61.4 cm³/mol. The van der Waals surface area contributed by atoms with Crippen LogP contribution >= 0.6 is 11.6 Å². The van der Waals surface area contributed by atoms with E-state index < -0.39 is 17.2 Å². The molecule has 0 saturated carbocycles. The molecule has 1 aromatic rings. The molecule has 16 heavy (non-hydrogen) atoms. The highest BCUT2D eigenvalue weighted by Crippen LogP contribution is 2.31. The van der Waals surface area contributed by atoms with Gasteiger partial charge in [-0.3, -0.25) is 4.79 Å². The number of carboxylic acids is 1. The van der Waals surface area contributed by atoms with Gasteiger partial charge in [-0.15, -0.1) is 0 Å². The molecule has 1 rings (SSSR count). The van der Waals surface area contributed by atoms with E-state index in [-0.39, 0.29) is 6.42 Å². The van der Waals surface area contributed by atoms with Crippen LogP contribution in [-0.2, 0) is 10.2 Å². The van der Waals surface area contributed by atoms with Gasteiger partial charge in [-0.25, -0.2) is 4.39 Å². The van der Waals surface area contributed by atoms with Gasteiger partial charge in [0.05, 0.1) is 6.42 Å². The van der Waals surface area contributed by atoms with E-state index in [1.54, 1.807) is 26.8 Å². The van der Waals surface area contributed by atoms with Crippen LogP contribution in [0.5, 0.6) is 0 Å². The lowest BCUT2D eigenvalue weighted by atomic mass is 9.81. The van der Waals surface area contributed by atoms with Crippen LogP contribution in [0.2, 0.25) is 5.02 Å². The Kier molecular flexibility index (Phi) is 3.58. The zero-order valence-electron chi connectivity index (χ0n) is 9.47. The third-order valence-corrected chi connectivity index (χ3v) is 3.05. The van der Waals surface area contributed by atoms with Crippen molar-refractivity contribution in [1.29, 1.82) is 0 Å². The third kappa shape index (κ3) is 2.73. The van der Waals surface area contributed by atoms with Gasteiger partial charge in [-0.1, -0.05) is 25.4 Å². The molecule has 0 amide bonds. The first-order valence-corrected chi connectivity index (χ1v) is 5.30. The van der Waals surface area contributed by atoms with Gasteiger partial charge in [0.2, 0.25) is 0 Å². The Hall–Kier alpha value is -1.09. The van der Waals surface area contributed by atoms with Gasteiger partial charge in [0.15, 0.2) is 0 Å². The highest BCUT2D eigenvalue weighted by atomic mass is 35.5. The van der Waals surface area contributed by atoms with Gasteiger partial charge >= 0.3 is 5.97 Å². The summed E-state index contributed by atoms with van der Waals surface area (Å²) in [5.74, 6) is -1.32. The average molecular weight is 245 g/mol. The van der Waals surface area contributed by atoms with Crippen molar-refractivity contribution in [2.24, 2.45) is 0 Å². The molecule has 0 unspecified atom stereocenters. The topological polar surface area (TPSA) is 37.3 Å². The van der Waals surface area contributed by atoms with Crippen molar-refractivity contribution in [3.63, 3.8) is 0 Å². The van der Waals surface area contributed by atoms with Crippen molar-refractivity contribution < 1.29 is 14.3 Å². The lowest BCUT2D eigenvalue weighted by Crippen LogP contribution is -2.22. The molecule has 0 spiro atoms. The van der Waals surface area contributed by atoms with Crippen LogP contribution in [0.1, 0.15) is 31.4 Å². The van der Waals surface area contributed by atoms with Crippen LogP contribution in [0.15, 0.2) is 12.1 Å². The lowest BCUT2D eigenvalue weighted by Gasteiger charge is -2.23. The summed E-state index contributed by atoms with van der Waals surface area (Å²) < 4.78 is 13.5. The molecule has 0 aliphatic rings. The number of rotatable bonds is 3. The van der Waals surface area contributed by atoms with Gasteiger partial charge in [0, 0.05) is 16.0 Å². The van der Waals surface area contributed by atoms with Crippen LogP contribution in [0.4, 0.5) is 4.39 Å². The summed E-state index contributed by atoms with van der Waals surface area (Å²) in [6.45, 7) is 5.09. The molecule has 2 nitrogen and oxygen atoms in total. The maximum absolute atomic E-state index is 13.5. The molecule has 0 aliphatic carbocycles. The fourth-order valence-corrected chi connectivity index (χ4v) is 1.72. The van der Waals surface area contributed by atoms with Crippen LogP contribution in [0.3, 0.4) is 0 Å². The number of hydrogen-bond acceptors (Lipinski definition) is 1. The van der Waals surface area contributed by atoms with Gasteiger partial charge in [-0.2, -0.15) is 0 Å². The van der Waals surface area contributed by atoms with Crippen molar-refractivity contribution in [2.45, 2.75) is 32.6 Å². The molecule has 0 radical (unpaired) electrons. The average Bonchev–Trinajstić information content (AvgIpc) is 2.11. The minimum Gasteiger partial charge on any atom is -0.481 e. The molecule has 1 N–H and O–H groups in total. The van der Waals surface area contributed by atoms with Crippen molar-refractivity contribution in [3.05, 3.63) is 34.1 Å². The van der Waals surface area contributed by atoms with Crippen molar-refractivity contribution in [3.8, 4) is 0 Å². The first kappa shape index (κ1) is 13.0. The first-order chi connectivity index (χ1) is 7.24. The Balaban J connectivity index is 3.18. The zero-order valence-corrected chi connectivity index (χ0v) is 10.2. The Labute approximate surface area is 99.0 Å². The summed E-state index contributed by atoms with van der Waals surface area (Å²) >= 11 is 5.87. The largest absolute Gasteiger partial charge is 0.481 e. The summed E-state index contributed by atoms with van der Waals surface area (Å²) in [5.41, 5.74) is 0.351. The highest BCUT2D eigenvalue weighted by Gasteiger charge is 2.25. The van der Waals surface area contributed by atoms with Crippen molar-refractivity contribution in [2.75, 3.05) is 0 Å². The standard InChI is InChI=1S/C12H14ClFO2/c1-7-9(13)4-8(5-10(7)14)12(2,3)6-11(15)16/h4-5H,6H2,1-3H3,(H,15,16). The van der Waals surface area contributed by atoms with Gasteiger partial charge < -0.3 is 5.11 Å². The van der Waals surface area contributed by atoms with E-state index in [1.807, 2.05) is 0 Å². The Morgan fingerprint density at radius 1 is 1.50 bits per heavy atom. The summed E-state index contributed by atoms with van der Waals surface area (Å²) in [6, 6.07) is 2.98. The minimum atomic E-state index is -0.915. The van der Waals surface area contributed by atoms with Crippen LogP contribution < -0.4 is 0 Å². The number of aliphatic carboxylic acids is 1. The second-order valence-electron chi connectivity index (χ2n) is 4.52. The number of benzene rings is 1. The molecular formula is C12H14ClFO2. The Bertz CT molecular complexity index is 404. The molecule has 0 bridgehead atoms.